The molecule has 9 heteroatoms. The normalized spacial score (nSPS) is 17.8. The van der Waals surface area contributed by atoms with E-state index in [1.807, 2.05) is 4.72 Å². The summed E-state index contributed by atoms with van der Waals surface area (Å²) in [6.07, 6.45) is -1.49. The second-order valence-corrected chi connectivity index (χ2v) is 7.82. The first-order chi connectivity index (χ1) is 12.7. The van der Waals surface area contributed by atoms with E-state index in [1.54, 1.807) is 24.3 Å². The molecular formula is C18H17F2NO5S. The third-order valence-electron chi connectivity index (χ3n) is 3.95. The van der Waals surface area contributed by atoms with E-state index in [0.29, 0.717) is 11.3 Å². The van der Waals surface area contributed by atoms with E-state index in [4.69, 9.17) is 9.47 Å². The number of halogens is 2. The van der Waals surface area contributed by atoms with Gasteiger partial charge in [0.05, 0.1) is 19.3 Å². The molecule has 1 unspecified atom stereocenters. The van der Waals surface area contributed by atoms with Gasteiger partial charge < -0.3 is 9.47 Å². The van der Waals surface area contributed by atoms with E-state index in [0.717, 1.165) is 0 Å². The van der Waals surface area contributed by atoms with Crippen LogP contribution in [0, 0.1) is 0 Å². The molecule has 0 aromatic heterocycles. The third kappa shape index (κ3) is 4.73. The number of carbonyl (C=O) groups is 1. The van der Waals surface area contributed by atoms with Crippen molar-refractivity contribution >= 4 is 15.9 Å². The van der Waals surface area contributed by atoms with Gasteiger partial charge in [0.15, 0.2) is 6.10 Å². The third-order valence-corrected chi connectivity index (χ3v) is 5.14. The van der Waals surface area contributed by atoms with Crippen molar-refractivity contribution in [3.05, 3.63) is 59.7 Å². The maximum Gasteiger partial charge on any atom is 0.288 e. The van der Waals surface area contributed by atoms with E-state index in [-0.39, 0.29) is 17.7 Å². The highest BCUT2D eigenvalue weighted by atomic mass is 32.2. The highest BCUT2D eigenvalue weighted by molar-refractivity contribution is 7.89. The van der Waals surface area contributed by atoms with Gasteiger partial charge in [0.2, 0.25) is 10.0 Å². The van der Waals surface area contributed by atoms with Crippen LogP contribution in [0.5, 0.6) is 11.5 Å². The van der Waals surface area contributed by atoms with Gasteiger partial charge >= 0.3 is 0 Å². The number of ether oxygens (including phenoxy) is 2. The van der Waals surface area contributed by atoms with Crippen LogP contribution in [0.3, 0.4) is 0 Å². The van der Waals surface area contributed by atoms with Crippen molar-refractivity contribution in [3.8, 4) is 11.5 Å². The van der Waals surface area contributed by atoms with Crippen LogP contribution in [0.15, 0.2) is 48.5 Å². The van der Waals surface area contributed by atoms with Gasteiger partial charge in [-0.3, -0.25) is 4.79 Å². The van der Waals surface area contributed by atoms with Gasteiger partial charge in [-0.2, -0.15) is 0 Å². The standard InChI is InChI=1S/C18H17F2NO5S/c1-25-15-5-3-2-4-13(15)11-27(23,24)21-17(22)12-6-8-14(9-7-12)26-16-10-18(16,19)20/h2-9,16H,10-11H2,1H3,(H,21,22). The van der Waals surface area contributed by atoms with Gasteiger partial charge in [-0.1, -0.05) is 18.2 Å². The summed E-state index contributed by atoms with van der Waals surface area (Å²) in [5, 5.41) is 0. The van der Waals surface area contributed by atoms with Gasteiger partial charge in [0, 0.05) is 11.1 Å². The van der Waals surface area contributed by atoms with Gasteiger partial charge in [0.25, 0.3) is 11.8 Å². The molecule has 0 radical (unpaired) electrons. The minimum absolute atomic E-state index is 0.0634. The molecule has 1 aliphatic carbocycles. The number of carbonyl (C=O) groups excluding carboxylic acids is 1. The molecule has 1 aliphatic rings. The number of methoxy groups -OCH3 is 1. The maximum atomic E-state index is 12.8. The summed E-state index contributed by atoms with van der Waals surface area (Å²) in [6, 6.07) is 11.9. The molecule has 27 heavy (non-hydrogen) atoms. The number of benzene rings is 2. The van der Waals surface area contributed by atoms with Crippen LogP contribution in [0.2, 0.25) is 0 Å². The monoisotopic (exact) mass is 397 g/mol. The molecule has 0 bridgehead atoms. The number of hydrogen-bond acceptors (Lipinski definition) is 5. The maximum absolute atomic E-state index is 12.8. The molecule has 3 rings (SSSR count). The lowest BCUT2D eigenvalue weighted by Crippen LogP contribution is -2.31. The highest BCUT2D eigenvalue weighted by Crippen LogP contribution is 2.44. The van der Waals surface area contributed by atoms with Crippen LogP contribution in [0.1, 0.15) is 22.3 Å². The lowest BCUT2D eigenvalue weighted by molar-refractivity contribution is 0.0665. The Kier molecular flexibility index (Phi) is 5.05. The summed E-state index contributed by atoms with van der Waals surface area (Å²) in [5.41, 5.74) is 0.475. The molecule has 1 N–H and O–H groups in total. The Labute approximate surface area is 155 Å². The zero-order valence-corrected chi connectivity index (χ0v) is 15.1. The smallest absolute Gasteiger partial charge is 0.288 e. The largest absolute Gasteiger partial charge is 0.496 e. The number of alkyl halides is 2. The van der Waals surface area contributed by atoms with Gasteiger partial charge in [-0.25, -0.2) is 21.9 Å². The average Bonchev–Trinajstić information content (AvgIpc) is 3.21. The minimum Gasteiger partial charge on any atom is -0.496 e. The van der Waals surface area contributed by atoms with Crippen molar-refractivity contribution in [1.82, 2.24) is 4.72 Å². The van der Waals surface area contributed by atoms with Gasteiger partial charge in [0.1, 0.15) is 11.5 Å². The number of sulfonamides is 1. The van der Waals surface area contributed by atoms with Crippen LogP contribution < -0.4 is 14.2 Å². The molecule has 0 spiro atoms. The van der Waals surface area contributed by atoms with Crippen molar-refractivity contribution in [2.24, 2.45) is 0 Å². The van der Waals surface area contributed by atoms with Gasteiger partial charge in [-0.05, 0) is 30.3 Å². The topological polar surface area (TPSA) is 81.7 Å². The molecule has 2 aromatic rings. The second-order valence-electron chi connectivity index (χ2n) is 6.10. The van der Waals surface area contributed by atoms with Crippen molar-refractivity contribution in [2.45, 2.75) is 24.2 Å². The van der Waals surface area contributed by atoms with E-state index in [2.05, 4.69) is 0 Å². The van der Waals surface area contributed by atoms with Crippen molar-refractivity contribution in [2.75, 3.05) is 7.11 Å². The highest BCUT2D eigenvalue weighted by Gasteiger charge is 2.59. The Morgan fingerprint density at radius 3 is 2.41 bits per heavy atom. The lowest BCUT2D eigenvalue weighted by atomic mass is 10.2. The Morgan fingerprint density at radius 2 is 1.81 bits per heavy atom. The molecular weight excluding hydrogens is 380 g/mol. The van der Waals surface area contributed by atoms with Crippen LogP contribution in [-0.2, 0) is 15.8 Å². The number of nitrogens with one attached hydrogen (secondary N) is 1. The number of rotatable bonds is 7. The number of amides is 1. The first-order valence-corrected chi connectivity index (χ1v) is 9.67. The fourth-order valence-corrected chi connectivity index (χ4v) is 3.55. The molecule has 1 saturated carbocycles. The van der Waals surface area contributed by atoms with Crippen molar-refractivity contribution in [3.63, 3.8) is 0 Å². The fourth-order valence-electron chi connectivity index (χ4n) is 2.43. The van der Waals surface area contributed by atoms with E-state index >= 15 is 0 Å². The summed E-state index contributed by atoms with van der Waals surface area (Å²) < 4.78 is 62.3. The Balaban J connectivity index is 1.63. The first-order valence-electron chi connectivity index (χ1n) is 8.01. The molecule has 0 saturated heterocycles. The SMILES string of the molecule is COc1ccccc1CS(=O)(=O)NC(=O)c1ccc(OC2CC2(F)F)cc1. The molecule has 1 amide bonds. The molecule has 2 aromatic carbocycles. The summed E-state index contributed by atoms with van der Waals surface area (Å²) in [4.78, 5) is 12.2. The van der Waals surface area contributed by atoms with E-state index in [9.17, 15) is 22.0 Å². The summed E-state index contributed by atoms with van der Waals surface area (Å²) in [7, 11) is -2.54. The van der Waals surface area contributed by atoms with Crippen molar-refractivity contribution in [1.29, 1.82) is 0 Å². The quantitative estimate of drug-likeness (QED) is 0.777. The van der Waals surface area contributed by atoms with Crippen LogP contribution in [-0.4, -0.2) is 33.5 Å². The van der Waals surface area contributed by atoms with Crippen LogP contribution >= 0.6 is 0 Å². The molecule has 0 aliphatic heterocycles. The molecule has 1 fully saturated rings. The summed E-state index contributed by atoms with van der Waals surface area (Å²) in [6.45, 7) is 0. The zero-order valence-electron chi connectivity index (χ0n) is 14.3. The Hall–Kier alpha value is -2.68. The lowest BCUT2D eigenvalue weighted by Gasteiger charge is -2.10. The number of hydrogen-bond donors (Lipinski definition) is 1. The van der Waals surface area contributed by atoms with Crippen molar-refractivity contribution < 1.29 is 31.5 Å². The molecule has 0 heterocycles. The zero-order chi connectivity index (χ0) is 19.7. The first kappa shape index (κ1) is 19.1. The van der Waals surface area contributed by atoms with Crippen LogP contribution in [0.4, 0.5) is 8.78 Å². The summed E-state index contributed by atoms with van der Waals surface area (Å²) in [5.74, 6) is -3.49. The minimum atomic E-state index is -3.96. The number of para-hydroxylation sites is 1. The van der Waals surface area contributed by atoms with E-state index in [1.165, 1.54) is 31.4 Å². The molecule has 6 nitrogen and oxygen atoms in total. The van der Waals surface area contributed by atoms with Crippen LogP contribution in [0.25, 0.3) is 0 Å². The predicted molar refractivity (Wildman–Crippen MR) is 93.5 cm³/mol. The van der Waals surface area contributed by atoms with Gasteiger partial charge in [-0.15, -0.1) is 0 Å². The molecule has 144 valence electrons. The molecule has 1 atom stereocenters. The Bertz CT molecular complexity index is 944. The fraction of sp³-hybridized carbons (Fsp3) is 0.278. The average molecular weight is 397 g/mol. The van der Waals surface area contributed by atoms with E-state index < -0.39 is 33.7 Å². The second kappa shape index (κ2) is 7.15. The predicted octanol–water partition coefficient (Wildman–Crippen LogP) is 2.74. The summed E-state index contributed by atoms with van der Waals surface area (Å²) >= 11 is 0. The Morgan fingerprint density at radius 1 is 1.19 bits per heavy atom.